The van der Waals surface area contributed by atoms with Crippen molar-refractivity contribution in [1.82, 2.24) is 4.98 Å². The Bertz CT molecular complexity index is 608. The van der Waals surface area contributed by atoms with Crippen molar-refractivity contribution in [3.8, 4) is 0 Å². The summed E-state index contributed by atoms with van der Waals surface area (Å²) in [5.41, 5.74) is 0.934. The number of fused-ring (bicyclic) bond motifs is 1. The molecule has 2 rings (SSSR count). The molecule has 0 saturated carbocycles. The molecule has 92 valence electrons. The summed E-state index contributed by atoms with van der Waals surface area (Å²) in [4.78, 5) is 15.6. The third kappa shape index (κ3) is 2.32. The van der Waals surface area contributed by atoms with Gasteiger partial charge in [0.1, 0.15) is 11.4 Å². The first kappa shape index (κ1) is 12.1. The molecule has 0 saturated heterocycles. The zero-order valence-corrected chi connectivity index (χ0v) is 10.1. The van der Waals surface area contributed by atoms with Crippen molar-refractivity contribution < 1.29 is 9.90 Å². The second kappa shape index (κ2) is 4.87. The van der Waals surface area contributed by atoms with Gasteiger partial charge in [-0.05, 0) is 19.1 Å². The van der Waals surface area contributed by atoms with E-state index in [1.165, 1.54) is 0 Å². The van der Waals surface area contributed by atoms with Crippen molar-refractivity contribution in [2.24, 2.45) is 0 Å². The van der Waals surface area contributed by atoms with Crippen molar-refractivity contribution in [3.05, 3.63) is 48.6 Å². The van der Waals surface area contributed by atoms with Crippen LogP contribution in [-0.2, 0) is 0 Å². The lowest BCUT2D eigenvalue weighted by molar-refractivity contribution is 0.0698. The molecule has 0 radical (unpaired) electrons. The van der Waals surface area contributed by atoms with Gasteiger partial charge in [0, 0.05) is 11.4 Å². The van der Waals surface area contributed by atoms with Gasteiger partial charge < -0.3 is 10.4 Å². The monoisotopic (exact) mass is 242 g/mol. The first-order chi connectivity index (χ1) is 8.61. The molecule has 0 amide bonds. The zero-order chi connectivity index (χ0) is 13.1. The molecule has 0 aliphatic heterocycles. The van der Waals surface area contributed by atoms with Crippen LogP contribution in [0.3, 0.4) is 0 Å². The van der Waals surface area contributed by atoms with E-state index in [0.717, 1.165) is 10.9 Å². The molecule has 1 unspecified atom stereocenters. The molecular weight excluding hydrogens is 228 g/mol. The number of para-hydroxylation sites is 1. The van der Waals surface area contributed by atoms with E-state index < -0.39 is 5.97 Å². The van der Waals surface area contributed by atoms with E-state index in [2.05, 4.69) is 16.9 Å². The molecule has 4 nitrogen and oxygen atoms in total. The third-order valence-corrected chi connectivity index (χ3v) is 2.67. The molecule has 4 heteroatoms. The van der Waals surface area contributed by atoms with E-state index in [4.69, 9.17) is 0 Å². The van der Waals surface area contributed by atoms with E-state index in [1.807, 2.05) is 31.2 Å². The van der Waals surface area contributed by atoms with E-state index in [-0.39, 0.29) is 11.6 Å². The number of carboxylic acid groups (broad SMARTS) is 1. The number of benzene rings is 1. The van der Waals surface area contributed by atoms with Gasteiger partial charge in [0.15, 0.2) is 0 Å². The highest BCUT2D eigenvalue weighted by atomic mass is 16.4. The summed E-state index contributed by atoms with van der Waals surface area (Å²) < 4.78 is 0. The molecular formula is C14H14N2O2. The Kier molecular flexibility index (Phi) is 3.28. The molecule has 2 aromatic rings. The van der Waals surface area contributed by atoms with E-state index in [1.54, 1.807) is 12.1 Å². The fourth-order valence-corrected chi connectivity index (χ4v) is 1.66. The Balaban J connectivity index is 2.57. The van der Waals surface area contributed by atoms with E-state index >= 15 is 0 Å². The number of anilines is 1. The minimum absolute atomic E-state index is 0.0447. The molecule has 1 aromatic heterocycles. The third-order valence-electron chi connectivity index (χ3n) is 2.67. The van der Waals surface area contributed by atoms with Gasteiger partial charge in [0.05, 0.1) is 5.52 Å². The predicted molar refractivity (Wildman–Crippen MR) is 72.0 cm³/mol. The van der Waals surface area contributed by atoms with Crippen LogP contribution in [-0.4, -0.2) is 22.1 Å². The fourth-order valence-electron chi connectivity index (χ4n) is 1.66. The van der Waals surface area contributed by atoms with Crippen molar-refractivity contribution in [3.63, 3.8) is 0 Å². The first-order valence-electron chi connectivity index (χ1n) is 5.64. The Morgan fingerprint density at radius 3 is 2.89 bits per heavy atom. The van der Waals surface area contributed by atoms with Crippen LogP contribution in [0.4, 0.5) is 5.82 Å². The largest absolute Gasteiger partial charge is 0.478 e. The summed E-state index contributed by atoms with van der Waals surface area (Å²) in [7, 11) is 0. The van der Waals surface area contributed by atoms with Gasteiger partial charge >= 0.3 is 5.97 Å². The van der Waals surface area contributed by atoms with Crippen LogP contribution < -0.4 is 5.32 Å². The number of rotatable bonds is 4. The zero-order valence-electron chi connectivity index (χ0n) is 10.1. The second-order valence-electron chi connectivity index (χ2n) is 4.05. The average Bonchev–Trinajstić information content (AvgIpc) is 2.37. The van der Waals surface area contributed by atoms with Gasteiger partial charge in [-0.1, -0.05) is 24.3 Å². The van der Waals surface area contributed by atoms with Gasteiger partial charge in [0.25, 0.3) is 0 Å². The fraction of sp³-hybridized carbons (Fsp3) is 0.143. The van der Waals surface area contributed by atoms with Crippen LogP contribution in [0, 0.1) is 0 Å². The highest BCUT2D eigenvalue weighted by Gasteiger charge is 2.14. The van der Waals surface area contributed by atoms with Gasteiger partial charge in [-0.3, -0.25) is 0 Å². The number of nitrogens with zero attached hydrogens (tertiary/aromatic N) is 1. The van der Waals surface area contributed by atoms with Gasteiger partial charge in [-0.25, -0.2) is 9.78 Å². The van der Waals surface area contributed by atoms with Crippen LogP contribution in [0.1, 0.15) is 17.3 Å². The van der Waals surface area contributed by atoms with E-state index in [0.29, 0.717) is 5.82 Å². The van der Waals surface area contributed by atoms with Crippen molar-refractivity contribution in [2.75, 3.05) is 5.32 Å². The van der Waals surface area contributed by atoms with Gasteiger partial charge in [-0.2, -0.15) is 0 Å². The Morgan fingerprint density at radius 1 is 1.50 bits per heavy atom. The Morgan fingerprint density at radius 2 is 2.22 bits per heavy atom. The summed E-state index contributed by atoms with van der Waals surface area (Å²) in [6, 6.07) is 9.01. The number of carboxylic acids is 1. The summed E-state index contributed by atoms with van der Waals surface area (Å²) in [5.74, 6) is -0.624. The highest BCUT2D eigenvalue weighted by molar-refractivity contribution is 5.98. The quantitative estimate of drug-likeness (QED) is 0.809. The number of hydrogen-bond acceptors (Lipinski definition) is 3. The maximum absolute atomic E-state index is 11.2. The molecule has 0 fully saturated rings. The molecule has 18 heavy (non-hydrogen) atoms. The minimum Gasteiger partial charge on any atom is -0.478 e. The second-order valence-corrected chi connectivity index (χ2v) is 4.05. The molecule has 0 aliphatic rings. The predicted octanol–water partition coefficient (Wildman–Crippen LogP) is 2.92. The molecule has 0 spiro atoms. The number of carbonyl (C=O) groups is 1. The molecule has 1 aromatic carbocycles. The standard InChI is InChI=1S/C14H14N2O2/c1-3-9(2)15-13-11(14(17)18)8-10-6-4-5-7-12(10)16-13/h3-9H,1H2,2H3,(H,15,16)(H,17,18). The number of aromatic carboxylic acids is 1. The van der Waals surface area contributed by atoms with Crippen LogP contribution in [0.15, 0.2) is 43.0 Å². The first-order valence-corrected chi connectivity index (χ1v) is 5.64. The molecule has 0 bridgehead atoms. The topological polar surface area (TPSA) is 62.2 Å². The number of nitrogens with one attached hydrogen (secondary N) is 1. The highest BCUT2D eigenvalue weighted by Crippen LogP contribution is 2.21. The van der Waals surface area contributed by atoms with Crippen LogP contribution in [0.25, 0.3) is 10.9 Å². The maximum Gasteiger partial charge on any atom is 0.339 e. The van der Waals surface area contributed by atoms with Gasteiger partial charge in [-0.15, -0.1) is 6.58 Å². The Labute approximate surface area is 105 Å². The van der Waals surface area contributed by atoms with Crippen molar-refractivity contribution in [1.29, 1.82) is 0 Å². The smallest absolute Gasteiger partial charge is 0.339 e. The summed E-state index contributed by atoms with van der Waals surface area (Å²) >= 11 is 0. The molecule has 2 N–H and O–H groups in total. The van der Waals surface area contributed by atoms with Crippen LogP contribution in [0.2, 0.25) is 0 Å². The number of hydrogen-bond donors (Lipinski definition) is 2. The lowest BCUT2D eigenvalue weighted by Gasteiger charge is -2.13. The molecule has 0 aliphatic carbocycles. The number of aromatic nitrogens is 1. The van der Waals surface area contributed by atoms with E-state index in [9.17, 15) is 9.90 Å². The summed E-state index contributed by atoms with van der Waals surface area (Å²) in [6.45, 7) is 5.54. The van der Waals surface area contributed by atoms with Crippen molar-refractivity contribution in [2.45, 2.75) is 13.0 Å². The number of pyridine rings is 1. The van der Waals surface area contributed by atoms with Crippen molar-refractivity contribution >= 4 is 22.7 Å². The molecule has 1 heterocycles. The minimum atomic E-state index is -0.994. The summed E-state index contributed by atoms with van der Waals surface area (Å²) in [6.07, 6.45) is 1.70. The molecule has 1 atom stereocenters. The van der Waals surface area contributed by atoms with Crippen LogP contribution in [0.5, 0.6) is 0 Å². The van der Waals surface area contributed by atoms with Gasteiger partial charge in [0.2, 0.25) is 0 Å². The maximum atomic E-state index is 11.2. The lowest BCUT2D eigenvalue weighted by Crippen LogP contribution is -2.16. The average molecular weight is 242 g/mol. The SMILES string of the molecule is C=CC(C)Nc1nc2ccccc2cc1C(=O)O. The lowest BCUT2D eigenvalue weighted by atomic mass is 10.1. The van der Waals surface area contributed by atoms with Crippen LogP contribution >= 0.6 is 0 Å². The summed E-state index contributed by atoms with van der Waals surface area (Å²) in [5, 5.41) is 13.0. The normalized spacial score (nSPS) is 12.1. The Hall–Kier alpha value is -2.36.